The second kappa shape index (κ2) is 6.29. The first-order chi connectivity index (χ1) is 8.33. The summed E-state index contributed by atoms with van der Waals surface area (Å²) in [6.45, 7) is 11.5. The SMILES string of the molecule is Cc1nnc(CN(CCCO)CC(C)(C)C)n1C. The van der Waals surface area contributed by atoms with Crippen LogP contribution in [0.25, 0.3) is 0 Å². The number of hydrogen-bond donors (Lipinski definition) is 1. The highest BCUT2D eigenvalue weighted by Gasteiger charge is 2.18. The smallest absolute Gasteiger partial charge is 0.146 e. The van der Waals surface area contributed by atoms with E-state index in [1.807, 2.05) is 18.5 Å². The summed E-state index contributed by atoms with van der Waals surface area (Å²) < 4.78 is 2.02. The maximum absolute atomic E-state index is 8.98. The molecule has 0 radical (unpaired) electrons. The maximum atomic E-state index is 8.98. The zero-order valence-electron chi connectivity index (χ0n) is 12.3. The molecule has 0 atom stereocenters. The molecule has 0 aliphatic rings. The summed E-state index contributed by atoms with van der Waals surface area (Å²) in [4.78, 5) is 2.33. The highest BCUT2D eigenvalue weighted by molar-refractivity contribution is 4.92. The van der Waals surface area contributed by atoms with Gasteiger partial charge in [0.25, 0.3) is 0 Å². The van der Waals surface area contributed by atoms with E-state index >= 15 is 0 Å². The van der Waals surface area contributed by atoms with Crippen molar-refractivity contribution in [3.8, 4) is 0 Å². The lowest BCUT2D eigenvalue weighted by atomic mass is 9.96. The van der Waals surface area contributed by atoms with Crippen molar-refractivity contribution in [1.82, 2.24) is 19.7 Å². The second-order valence-electron chi connectivity index (χ2n) is 6.07. The molecule has 1 N–H and O–H groups in total. The van der Waals surface area contributed by atoms with Crippen LogP contribution in [0.3, 0.4) is 0 Å². The molecule has 1 aromatic heterocycles. The molecular weight excluding hydrogens is 228 g/mol. The Labute approximate surface area is 110 Å². The van der Waals surface area contributed by atoms with Crippen LogP contribution in [0, 0.1) is 12.3 Å². The van der Waals surface area contributed by atoms with Crippen LogP contribution >= 0.6 is 0 Å². The Morgan fingerprint density at radius 1 is 1.28 bits per heavy atom. The van der Waals surface area contributed by atoms with Gasteiger partial charge in [-0.1, -0.05) is 20.8 Å². The second-order valence-corrected chi connectivity index (χ2v) is 6.07. The van der Waals surface area contributed by atoms with E-state index in [0.29, 0.717) is 0 Å². The first kappa shape index (κ1) is 15.1. The summed E-state index contributed by atoms with van der Waals surface area (Å²) in [5, 5.41) is 17.3. The molecule has 18 heavy (non-hydrogen) atoms. The number of hydrogen-bond acceptors (Lipinski definition) is 4. The van der Waals surface area contributed by atoms with Gasteiger partial charge in [0.05, 0.1) is 6.54 Å². The summed E-state index contributed by atoms with van der Waals surface area (Å²) in [6.07, 6.45) is 0.799. The summed E-state index contributed by atoms with van der Waals surface area (Å²) in [5.74, 6) is 1.91. The fraction of sp³-hybridized carbons (Fsp3) is 0.846. The van der Waals surface area contributed by atoms with Crippen molar-refractivity contribution in [2.24, 2.45) is 12.5 Å². The molecule has 0 bridgehead atoms. The molecule has 0 amide bonds. The summed E-state index contributed by atoms with van der Waals surface area (Å²) in [7, 11) is 1.99. The van der Waals surface area contributed by atoms with Gasteiger partial charge >= 0.3 is 0 Å². The number of aromatic nitrogens is 3. The van der Waals surface area contributed by atoms with Crippen molar-refractivity contribution >= 4 is 0 Å². The predicted molar refractivity (Wildman–Crippen MR) is 72.2 cm³/mol. The van der Waals surface area contributed by atoms with Crippen LogP contribution in [-0.2, 0) is 13.6 Å². The minimum Gasteiger partial charge on any atom is -0.396 e. The van der Waals surface area contributed by atoms with E-state index in [4.69, 9.17) is 5.11 Å². The summed E-state index contributed by atoms with van der Waals surface area (Å²) in [6, 6.07) is 0. The van der Waals surface area contributed by atoms with Crippen LogP contribution < -0.4 is 0 Å². The minimum absolute atomic E-state index is 0.235. The van der Waals surface area contributed by atoms with Crippen molar-refractivity contribution in [2.45, 2.75) is 40.7 Å². The zero-order chi connectivity index (χ0) is 13.8. The van der Waals surface area contributed by atoms with E-state index in [2.05, 4.69) is 35.9 Å². The molecular formula is C13H26N4O. The Balaban J connectivity index is 2.68. The molecule has 0 saturated carbocycles. The van der Waals surface area contributed by atoms with Crippen LogP contribution in [0.2, 0.25) is 0 Å². The normalized spacial score (nSPS) is 12.4. The van der Waals surface area contributed by atoms with E-state index in [1.165, 1.54) is 0 Å². The monoisotopic (exact) mass is 254 g/mol. The van der Waals surface area contributed by atoms with Crippen LogP contribution in [0.15, 0.2) is 0 Å². The zero-order valence-corrected chi connectivity index (χ0v) is 12.3. The molecule has 0 spiro atoms. The molecule has 1 aromatic rings. The minimum atomic E-state index is 0.235. The van der Waals surface area contributed by atoms with Gasteiger partial charge in [-0.15, -0.1) is 10.2 Å². The van der Waals surface area contributed by atoms with Gasteiger partial charge < -0.3 is 9.67 Å². The largest absolute Gasteiger partial charge is 0.396 e. The number of nitrogens with zero attached hydrogens (tertiary/aromatic N) is 4. The van der Waals surface area contributed by atoms with Gasteiger partial charge in [0, 0.05) is 26.7 Å². The summed E-state index contributed by atoms with van der Waals surface area (Å²) >= 11 is 0. The number of aliphatic hydroxyl groups is 1. The Morgan fingerprint density at radius 2 is 1.94 bits per heavy atom. The van der Waals surface area contributed by atoms with Crippen LogP contribution in [-0.4, -0.2) is 44.5 Å². The average molecular weight is 254 g/mol. The number of aryl methyl sites for hydroxylation is 1. The average Bonchev–Trinajstić information content (AvgIpc) is 2.56. The van der Waals surface area contributed by atoms with Crippen LogP contribution in [0.4, 0.5) is 0 Å². The molecule has 5 nitrogen and oxygen atoms in total. The van der Waals surface area contributed by atoms with Gasteiger partial charge in [-0.3, -0.25) is 4.90 Å². The first-order valence-electron chi connectivity index (χ1n) is 6.51. The molecule has 0 aromatic carbocycles. The van der Waals surface area contributed by atoms with Crippen molar-refractivity contribution in [3.63, 3.8) is 0 Å². The Hall–Kier alpha value is -0.940. The van der Waals surface area contributed by atoms with Gasteiger partial charge in [-0.2, -0.15) is 0 Å². The fourth-order valence-corrected chi connectivity index (χ4v) is 1.97. The molecule has 0 aliphatic heterocycles. The Morgan fingerprint density at radius 3 is 2.39 bits per heavy atom. The van der Waals surface area contributed by atoms with E-state index in [9.17, 15) is 0 Å². The molecule has 5 heteroatoms. The van der Waals surface area contributed by atoms with E-state index in [0.717, 1.165) is 37.7 Å². The predicted octanol–water partition coefficient (Wildman–Crippen LogP) is 1.35. The molecule has 0 aliphatic carbocycles. The third-order valence-electron chi connectivity index (χ3n) is 2.88. The lowest BCUT2D eigenvalue weighted by molar-refractivity contribution is 0.161. The molecule has 104 valence electrons. The third kappa shape index (κ3) is 4.74. The number of aliphatic hydroxyl groups excluding tert-OH is 1. The molecule has 0 saturated heterocycles. The topological polar surface area (TPSA) is 54.2 Å². The van der Waals surface area contributed by atoms with Gasteiger partial charge in [0.2, 0.25) is 0 Å². The third-order valence-corrected chi connectivity index (χ3v) is 2.88. The van der Waals surface area contributed by atoms with E-state index < -0.39 is 0 Å². The van der Waals surface area contributed by atoms with Crippen LogP contribution in [0.1, 0.15) is 38.8 Å². The quantitative estimate of drug-likeness (QED) is 0.832. The maximum Gasteiger partial charge on any atom is 0.146 e. The highest BCUT2D eigenvalue weighted by atomic mass is 16.3. The lowest BCUT2D eigenvalue weighted by Crippen LogP contribution is -2.34. The fourth-order valence-electron chi connectivity index (χ4n) is 1.97. The molecule has 0 unspecified atom stereocenters. The van der Waals surface area contributed by atoms with Crippen molar-refractivity contribution < 1.29 is 5.11 Å². The van der Waals surface area contributed by atoms with Crippen LogP contribution in [0.5, 0.6) is 0 Å². The molecule has 1 rings (SSSR count). The first-order valence-corrected chi connectivity index (χ1v) is 6.51. The van der Waals surface area contributed by atoms with Gasteiger partial charge in [-0.05, 0) is 18.8 Å². The van der Waals surface area contributed by atoms with Crippen molar-refractivity contribution in [2.75, 3.05) is 19.7 Å². The number of rotatable bonds is 6. The Kier molecular flexibility index (Phi) is 5.28. The van der Waals surface area contributed by atoms with E-state index in [-0.39, 0.29) is 12.0 Å². The van der Waals surface area contributed by atoms with Gasteiger partial charge in [0.15, 0.2) is 0 Å². The van der Waals surface area contributed by atoms with Crippen molar-refractivity contribution in [1.29, 1.82) is 0 Å². The van der Waals surface area contributed by atoms with Gasteiger partial charge in [-0.25, -0.2) is 0 Å². The van der Waals surface area contributed by atoms with Crippen molar-refractivity contribution in [3.05, 3.63) is 11.6 Å². The van der Waals surface area contributed by atoms with E-state index in [1.54, 1.807) is 0 Å². The highest BCUT2D eigenvalue weighted by Crippen LogP contribution is 2.17. The summed E-state index contributed by atoms with van der Waals surface area (Å²) in [5.41, 5.74) is 0.239. The Bertz CT molecular complexity index is 368. The van der Waals surface area contributed by atoms with Gasteiger partial charge in [0.1, 0.15) is 11.6 Å². The standard InChI is InChI=1S/C13H26N4O/c1-11-14-15-12(16(11)5)9-17(7-6-8-18)10-13(2,3)4/h18H,6-10H2,1-5H3. The molecule has 1 heterocycles. The molecule has 0 fully saturated rings. The lowest BCUT2D eigenvalue weighted by Gasteiger charge is -2.29.